The van der Waals surface area contributed by atoms with E-state index in [1.54, 1.807) is 0 Å². The number of carbonyl (C=O) groups is 2. The first-order chi connectivity index (χ1) is 7.46. The van der Waals surface area contributed by atoms with Crippen molar-refractivity contribution in [2.45, 2.75) is 43.7 Å². The summed E-state index contributed by atoms with van der Waals surface area (Å²) in [6.07, 6.45) is 1.79. The molecule has 0 spiro atoms. The molecule has 6 heteroatoms. The van der Waals surface area contributed by atoms with Crippen LogP contribution >= 0.6 is 0 Å². The van der Waals surface area contributed by atoms with Crippen LogP contribution in [0.2, 0.25) is 0 Å². The molecule has 92 valence electrons. The maximum absolute atomic E-state index is 11.7. The van der Waals surface area contributed by atoms with Gasteiger partial charge in [0.25, 0.3) is 0 Å². The molecule has 0 aliphatic heterocycles. The van der Waals surface area contributed by atoms with Gasteiger partial charge in [-0.2, -0.15) is 0 Å². The monoisotopic (exact) mass is 230 g/mol. The maximum Gasteiger partial charge on any atom is 0.332 e. The number of amides is 1. The third-order valence-corrected chi connectivity index (χ3v) is 2.94. The molecular weight excluding hydrogens is 212 g/mol. The highest BCUT2D eigenvalue weighted by Crippen LogP contribution is 2.27. The number of hydrogen-bond acceptors (Lipinski definition) is 4. The zero-order valence-electron chi connectivity index (χ0n) is 9.11. The summed E-state index contributed by atoms with van der Waals surface area (Å²) in [5.41, 5.74) is 5.09. The van der Waals surface area contributed by atoms with E-state index in [9.17, 15) is 9.59 Å². The number of carboxylic acid groups (broad SMARTS) is 1. The van der Waals surface area contributed by atoms with Gasteiger partial charge in [0.15, 0.2) is 6.10 Å². The van der Waals surface area contributed by atoms with Crippen LogP contribution in [0, 0.1) is 0 Å². The van der Waals surface area contributed by atoms with Crippen molar-refractivity contribution < 1.29 is 19.8 Å². The van der Waals surface area contributed by atoms with Gasteiger partial charge in [0.2, 0.25) is 5.91 Å². The number of aliphatic hydroxyl groups is 1. The molecule has 0 aromatic carbocycles. The third kappa shape index (κ3) is 3.18. The smallest absolute Gasteiger partial charge is 0.332 e. The highest BCUT2D eigenvalue weighted by atomic mass is 16.4. The van der Waals surface area contributed by atoms with Gasteiger partial charge in [-0.15, -0.1) is 0 Å². The lowest BCUT2D eigenvalue weighted by Gasteiger charge is -2.22. The molecule has 0 saturated heterocycles. The summed E-state index contributed by atoms with van der Waals surface area (Å²) in [6.45, 7) is 0.130. The Kier molecular flexibility index (Phi) is 4.26. The number of nitrogens with one attached hydrogen (secondary N) is 1. The Morgan fingerprint density at radius 2 is 1.94 bits per heavy atom. The second kappa shape index (κ2) is 5.27. The van der Waals surface area contributed by atoms with Gasteiger partial charge >= 0.3 is 5.97 Å². The molecule has 0 heterocycles. The molecule has 1 atom stereocenters. The topological polar surface area (TPSA) is 113 Å². The van der Waals surface area contributed by atoms with Crippen LogP contribution < -0.4 is 11.1 Å². The molecule has 6 nitrogen and oxygen atoms in total. The molecule has 1 aliphatic rings. The largest absolute Gasteiger partial charge is 0.479 e. The summed E-state index contributed by atoms with van der Waals surface area (Å²) in [6, 6.07) is 0. The van der Waals surface area contributed by atoms with Crippen LogP contribution in [-0.2, 0) is 9.59 Å². The lowest BCUT2D eigenvalue weighted by molar-refractivity contribution is -0.147. The minimum absolute atomic E-state index is 0.00282. The molecule has 1 fully saturated rings. The predicted molar refractivity (Wildman–Crippen MR) is 56.7 cm³/mol. The van der Waals surface area contributed by atoms with Crippen molar-refractivity contribution in [3.63, 3.8) is 0 Å². The molecule has 0 radical (unpaired) electrons. The minimum Gasteiger partial charge on any atom is -0.479 e. The Morgan fingerprint density at radius 3 is 2.44 bits per heavy atom. The highest BCUT2D eigenvalue weighted by molar-refractivity contribution is 5.86. The Bertz CT molecular complexity index is 274. The maximum atomic E-state index is 11.7. The van der Waals surface area contributed by atoms with Crippen molar-refractivity contribution in [3.05, 3.63) is 0 Å². The Hall–Kier alpha value is -1.14. The number of rotatable bonds is 5. The molecular formula is C10H18N2O4. The summed E-state index contributed by atoms with van der Waals surface area (Å²) in [4.78, 5) is 22.0. The van der Waals surface area contributed by atoms with E-state index in [4.69, 9.17) is 15.9 Å². The molecule has 1 rings (SSSR count). The summed E-state index contributed by atoms with van der Waals surface area (Å²) < 4.78 is 0. The second-order valence-electron chi connectivity index (χ2n) is 4.26. The Balaban J connectivity index is 2.27. The fraction of sp³-hybridized carbons (Fsp3) is 0.800. The van der Waals surface area contributed by atoms with E-state index in [-0.39, 0.29) is 18.9 Å². The van der Waals surface area contributed by atoms with E-state index < -0.39 is 17.6 Å². The molecule has 1 amide bonds. The van der Waals surface area contributed by atoms with Gasteiger partial charge in [-0.25, -0.2) is 4.79 Å². The summed E-state index contributed by atoms with van der Waals surface area (Å²) in [7, 11) is 0. The first kappa shape index (κ1) is 12.9. The first-order valence-electron chi connectivity index (χ1n) is 5.44. The van der Waals surface area contributed by atoms with Crippen LogP contribution in [0.4, 0.5) is 0 Å². The van der Waals surface area contributed by atoms with Crippen LogP contribution in [0.5, 0.6) is 0 Å². The predicted octanol–water partition coefficient (Wildman–Crippen LogP) is -0.790. The van der Waals surface area contributed by atoms with Crippen molar-refractivity contribution in [2.75, 3.05) is 6.54 Å². The first-order valence-corrected chi connectivity index (χ1v) is 5.44. The van der Waals surface area contributed by atoms with E-state index in [1.807, 2.05) is 0 Å². The van der Waals surface area contributed by atoms with Crippen molar-refractivity contribution in [1.82, 2.24) is 5.32 Å². The van der Waals surface area contributed by atoms with Gasteiger partial charge < -0.3 is 21.3 Å². The van der Waals surface area contributed by atoms with Crippen molar-refractivity contribution in [3.8, 4) is 0 Å². The summed E-state index contributed by atoms with van der Waals surface area (Å²) in [5.74, 6) is -1.53. The van der Waals surface area contributed by atoms with Crippen molar-refractivity contribution >= 4 is 11.9 Å². The second-order valence-corrected chi connectivity index (χ2v) is 4.26. The molecule has 0 aromatic rings. The van der Waals surface area contributed by atoms with Gasteiger partial charge in [-0.3, -0.25) is 4.79 Å². The van der Waals surface area contributed by atoms with Crippen LogP contribution in [0.15, 0.2) is 0 Å². The molecule has 0 unspecified atom stereocenters. The van der Waals surface area contributed by atoms with Crippen molar-refractivity contribution in [2.24, 2.45) is 5.73 Å². The van der Waals surface area contributed by atoms with Crippen LogP contribution in [-0.4, -0.2) is 40.3 Å². The lowest BCUT2D eigenvalue weighted by atomic mass is 9.98. The van der Waals surface area contributed by atoms with E-state index in [1.165, 1.54) is 0 Å². The average Bonchev–Trinajstić information content (AvgIpc) is 2.66. The normalized spacial score (nSPS) is 20.4. The number of carboxylic acids is 1. The van der Waals surface area contributed by atoms with Gasteiger partial charge in [0.1, 0.15) is 0 Å². The number of carbonyl (C=O) groups excluding carboxylic acids is 1. The third-order valence-electron chi connectivity index (χ3n) is 2.94. The number of aliphatic carboxylic acids is 1. The van der Waals surface area contributed by atoms with Gasteiger partial charge in [0, 0.05) is 13.0 Å². The number of aliphatic hydroxyl groups excluding tert-OH is 1. The molecule has 5 N–H and O–H groups in total. The van der Waals surface area contributed by atoms with E-state index in [0.717, 1.165) is 12.8 Å². The molecule has 0 bridgehead atoms. The molecule has 0 aromatic heterocycles. The minimum atomic E-state index is -1.43. The molecule has 1 saturated carbocycles. The van der Waals surface area contributed by atoms with Gasteiger partial charge in [-0.05, 0) is 12.8 Å². The van der Waals surface area contributed by atoms with Gasteiger partial charge in [-0.1, -0.05) is 12.8 Å². The number of hydrogen-bond donors (Lipinski definition) is 4. The number of nitrogens with two attached hydrogens (primary N) is 1. The SMILES string of the molecule is NC1(C(=O)NCC[C@H](O)C(=O)O)CCCC1. The average molecular weight is 230 g/mol. The fourth-order valence-corrected chi connectivity index (χ4v) is 1.85. The quantitative estimate of drug-likeness (QED) is 0.494. The molecule has 1 aliphatic carbocycles. The van der Waals surface area contributed by atoms with Crippen LogP contribution in [0.3, 0.4) is 0 Å². The Morgan fingerprint density at radius 1 is 1.38 bits per heavy atom. The van der Waals surface area contributed by atoms with E-state index >= 15 is 0 Å². The zero-order chi connectivity index (χ0) is 12.2. The van der Waals surface area contributed by atoms with Crippen LogP contribution in [0.25, 0.3) is 0 Å². The Labute approximate surface area is 93.8 Å². The summed E-state index contributed by atoms with van der Waals surface area (Å²) in [5, 5.41) is 20.0. The standard InChI is InChI=1S/C10H18N2O4/c11-10(4-1-2-5-10)9(16)12-6-3-7(13)8(14)15/h7,13H,1-6,11H2,(H,12,16)(H,14,15)/t7-/m0/s1. The molecule has 16 heavy (non-hydrogen) atoms. The fourth-order valence-electron chi connectivity index (χ4n) is 1.85. The van der Waals surface area contributed by atoms with Crippen LogP contribution in [0.1, 0.15) is 32.1 Å². The lowest BCUT2D eigenvalue weighted by Crippen LogP contribution is -2.52. The van der Waals surface area contributed by atoms with Gasteiger partial charge in [0.05, 0.1) is 5.54 Å². The highest BCUT2D eigenvalue weighted by Gasteiger charge is 2.36. The van der Waals surface area contributed by atoms with E-state index in [0.29, 0.717) is 12.8 Å². The summed E-state index contributed by atoms with van der Waals surface area (Å²) >= 11 is 0. The van der Waals surface area contributed by atoms with E-state index in [2.05, 4.69) is 5.32 Å². The van der Waals surface area contributed by atoms with Crippen molar-refractivity contribution in [1.29, 1.82) is 0 Å². The zero-order valence-corrected chi connectivity index (χ0v) is 9.11.